The molecule has 0 radical (unpaired) electrons. The van der Waals surface area contributed by atoms with Gasteiger partial charge in [-0.3, -0.25) is 0 Å². The van der Waals surface area contributed by atoms with Gasteiger partial charge >= 0.3 is 0 Å². The molecule has 0 saturated heterocycles. The van der Waals surface area contributed by atoms with Crippen molar-refractivity contribution in [3.8, 4) is 0 Å². The summed E-state index contributed by atoms with van der Waals surface area (Å²) in [6.45, 7) is 0. The molecule has 0 saturated carbocycles. The van der Waals surface area contributed by atoms with Crippen molar-refractivity contribution in [2.24, 2.45) is 0 Å². The summed E-state index contributed by atoms with van der Waals surface area (Å²) in [6.07, 6.45) is 0. The Morgan fingerprint density at radius 1 is 1.17 bits per heavy atom. The van der Waals surface area contributed by atoms with Crippen molar-refractivity contribution >= 4 is 39.3 Å². The molecule has 0 aliphatic rings. The first kappa shape index (κ1) is 7.79. The van der Waals surface area contributed by atoms with E-state index in [2.05, 4.69) is 33.6 Å². The van der Waals surface area contributed by atoms with Gasteiger partial charge < -0.3 is 5.73 Å². The second kappa shape index (κ2) is 2.90. The Morgan fingerprint density at radius 2 is 2.00 bits per heavy atom. The first-order chi connectivity index (χ1) is 5.75. The van der Waals surface area contributed by atoms with Crippen LogP contribution in [0.25, 0.3) is 10.9 Å². The molecule has 0 atom stereocenters. The summed E-state index contributed by atoms with van der Waals surface area (Å²) in [7, 11) is 0. The Kier molecular flexibility index (Phi) is 1.88. The second-order valence-corrected chi connectivity index (χ2v) is 3.82. The Morgan fingerprint density at radius 3 is 2.83 bits per heavy atom. The lowest BCUT2D eigenvalue weighted by molar-refractivity contribution is 1.41. The fraction of sp³-hybridized carbons (Fsp3) is 0. The molecule has 0 fully saturated rings. The van der Waals surface area contributed by atoms with Crippen molar-refractivity contribution in [1.29, 1.82) is 0 Å². The smallest absolute Gasteiger partial charge is 0.124 e. The van der Waals surface area contributed by atoms with E-state index in [4.69, 9.17) is 5.73 Å². The first-order valence-electron chi connectivity index (χ1n) is 3.57. The van der Waals surface area contributed by atoms with Crippen LogP contribution in [0.5, 0.6) is 0 Å². The van der Waals surface area contributed by atoms with Gasteiger partial charge in [0, 0.05) is 8.96 Å². The summed E-state index contributed by atoms with van der Waals surface area (Å²) in [5, 5.41) is 1.14. The fourth-order valence-electron chi connectivity index (χ4n) is 1.11. The maximum atomic E-state index is 5.55. The van der Waals surface area contributed by atoms with Gasteiger partial charge in [0.05, 0.1) is 5.52 Å². The van der Waals surface area contributed by atoms with E-state index in [1.165, 1.54) is 3.57 Å². The summed E-state index contributed by atoms with van der Waals surface area (Å²) in [5.41, 5.74) is 6.50. The molecule has 0 aliphatic heterocycles. The van der Waals surface area contributed by atoms with Crippen LogP contribution in [-0.4, -0.2) is 4.98 Å². The van der Waals surface area contributed by atoms with E-state index in [-0.39, 0.29) is 0 Å². The lowest BCUT2D eigenvalue weighted by Crippen LogP contribution is -1.89. The zero-order valence-corrected chi connectivity index (χ0v) is 8.45. The predicted molar refractivity (Wildman–Crippen MR) is 58.9 cm³/mol. The molecule has 0 bridgehead atoms. The van der Waals surface area contributed by atoms with Crippen molar-refractivity contribution in [2.75, 3.05) is 5.73 Å². The highest BCUT2D eigenvalue weighted by Crippen LogP contribution is 2.16. The molecular weight excluding hydrogens is 263 g/mol. The number of anilines is 1. The van der Waals surface area contributed by atoms with Crippen molar-refractivity contribution in [3.05, 3.63) is 33.9 Å². The lowest BCUT2D eigenvalue weighted by Gasteiger charge is -1.98. The number of halogens is 1. The number of fused-ring (bicyclic) bond motifs is 1. The molecule has 1 aromatic heterocycles. The number of nitrogen functional groups attached to an aromatic ring is 1. The zero-order valence-electron chi connectivity index (χ0n) is 6.29. The zero-order chi connectivity index (χ0) is 8.55. The van der Waals surface area contributed by atoms with E-state index in [0.29, 0.717) is 5.82 Å². The molecule has 2 N–H and O–H groups in total. The summed E-state index contributed by atoms with van der Waals surface area (Å²) >= 11 is 2.28. The van der Waals surface area contributed by atoms with Crippen LogP contribution in [0.1, 0.15) is 0 Å². The second-order valence-electron chi connectivity index (χ2n) is 2.57. The van der Waals surface area contributed by atoms with Gasteiger partial charge in [0.15, 0.2) is 0 Å². The van der Waals surface area contributed by atoms with E-state index in [1.54, 1.807) is 0 Å². The van der Waals surface area contributed by atoms with Crippen molar-refractivity contribution in [2.45, 2.75) is 0 Å². The van der Waals surface area contributed by atoms with Crippen LogP contribution in [-0.2, 0) is 0 Å². The van der Waals surface area contributed by atoms with Gasteiger partial charge in [0.2, 0.25) is 0 Å². The summed E-state index contributed by atoms with van der Waals surface area (Å²) in [5.74, 6) is 0.573. The molecule has 3 heteroatoms. The maximum Gasteiger partial charge on any atom is 0.124 e. The van der Waals surface area contributed by atoms with Crippen LogP contribution < -0.4 is 5.73 Å². The van der Waals surface area contributed by atoms with E-state index in [9.17, 15) is 0 Å². The highest BCUT2D eigenvalue weighted by molar-refractivity contribution is 14.1. The van der Waals surface area contributed by atoms with Gasteiger partial charge in [-0.1, -0.05) is 0 Å². The van der Waals surface area contributed by atoms with E-state index >= 15 is 0 Å². The molecule has 2 rings (SSSR count). The standard InChI is InChI=1S/C9H7IN2/c10-7-2-3-8-6(5-7)1-4-9(11)12-8/h1-5H,(H2,11,12). The molecule has 12 heavy (non-hydrogen) atoms. The molecule has 0 unspecified atom stereocenters. The molecule has 0 spiro atoms. The van der Waals surface area contributed by atoms with E-state index < -0.39 is 0 Å². The van der Waals surface area contributed by atoms with Gasteiger partial charge in [0.1, 0.15) is 5.82 Å². The summed E-state index contributed by atoms with van der Waals surface area (Å²) in [4.78, 5) is 4.19. The molecule has 0 aliphatic carbocycles. The van der Waals surface area contributed by atoms with Crippen molar-refractivity contribution in [3.63, 3.8) is 0 Å². The van der Waals surface area contributed by atoms with Gasteiger partial charge in [-0.2, -0.15) is 0 Å². The fourth-order valence-corrected chi connectivity index (χ4v) is 1.63. The molecule has 0 amide bonds. The average molecular weight is 270 g/mol. The van der Waals surface area contributed by atoms with Crippen LogP contribution in [0.4, 0.5) is 5.82 Å². The quantitative estimate of drug-likeness (QED) is 0.747. The Hall–Kier alpha value is -0.840. The molecular formula is C9H7IN2. The average Bonchev–Trinajstić information content (AvgIpc) is 2.05. The largest absolute Gasteiger partial charge is 0.384 e. The van der Waals surface area contributed by atoms with Gasteiger partial charge in [-0.05, 0) is 52.9 Å². The van der Waals surface area contributed by atoms with Crippen LogP contribution in [0.3, 0.4) is 0 Å². The number of aromatic nitrogens is 1. The Labute approximate surface area is 83.9 Å². The van der Waals surface area contributed by atoms with Crippen LogP contribution >= 0.6 is 22.6 Å². The van der Waals surface area contributed by atoms with Crippen molar-refractivity contribution < 1.29 is 0 Å². The van der Waals surface area contributed by atoms with Crippen LogP contribution in [0, 0.1) is 3.57 Å². The van der Waals surface area contributed by atoms with Crippen LogP contribution in [0.15, 0.2) is 30.3 Å². The Bertz CT molecular complexity index is 385. The number of hydrogen-bond donors (Lipinski definition) is 1. The number of pyridine rings is 1. The SMILES string of the molecule is Nc1ccc2cc(I)ccc2n1. The van der Waals surface area contributed by atoms with Crippen LogP contribution in [0.2, 0.25) is 0 Å². The predicted octanol–water partition coefficient (Wildman–Crippen LogP) is 2.42. The van der Waals surface area contributed by atoms with Gasteiger partial charge in [-0.15, -0.1) is 0 Å². The highest BCUT2D eigenvalue weighted by Gasteiger charge is 1.95. The molecule has 1 heterocycles. The molecule has 2 aromatic rings. The van der Waals surface area contributed by atoms with Gasteiger partial charge in [-0.25, -0.2) is 4.98 Å². The third-order valence-electron chi connectivity index (χ3n) is 1.67. The summed E-state index contributed by atoms with van der Waals surface area (Å²) < 4.78 is 1.21. The topological polar surface area (TPSA) is 38.9 Å². The minimum Gasteiger partial charge on any atom is -0.384 e. The Balaban J connectivity index is 2.79. The summed E-state index contributed by atoms with van der Waals surface area (Å²) in [6, 6.07) is 9.89. The first-order valence-corrected chi connectivity index (χ1v) is 4.65. The maximum absolute atomic E-state index is 5.55. The molecule has 1 aromatic carbocycles. The normalized spacial score (nSPS) is 10.4. The van der Waals surface area contributed by atoms with E-state index in [1.807, 2.05) is 24.3 Å². The van der Waals surface area contributed by atoms with Gasteiger partial charge in [0.25, 0.3) is 0 Å². The lowest BCUT2D eigenvalue weighted by atomic mass is 10.2. The molecule has 60 valence electrons. The minimum atomic E-state index is 0.573. The molecule has 2 nitrogen and oxygen atoms in total. The monoisotopic (exact) mass is 270 g/mol. The van der Waals surface area contributed by atoms with E-state index in [0.717, 1.165) is 10.9 Å². The van der Waals surface area contributed by atoms with Crippen molar-refractivity contribution in [1.82, 2.24) is 4.98 Å². The number of rotatable bonds is 0. The highest BCUT2D eigenvalue weighted by atomic mass is 127. The minimum absolute atomic E-state index is 0.573. The number of benzene rings is 1. The third-order valence-corrected chi connectivity index (χ3v) is 2.34. The third kappa shape index (κ3) is 1.36. The number of hydrogen-bond acceptors (Lipinski definition) is 2. The number of nitrogens with zero attached hydrogens (tertiary/aromatic N) is 1. The number of nitrogens with two attached hydrogens (primary N) is 1.